The van der Waals surface area contributed by atoms with E-state index < -0.39 is 5.97 Å². The molecule has 2 saturated heterocycles. The first-order chi connectivity index (χ1) is 9.50. The van der Waals surface area contributed by atoms with Gasteiger partial charge in [-0.25, -0.2) is 4.79 Å². The molecule has 2 amide bonds. The van der Waals surface area contributed by atoms with Gasteiger partial charge in [-0.15, -0.1) is 0 Å². The zero-order valence-corrected chi connectivity index (χ0v) is 12.1. The van der Waals surface area contributed by atoms with Crippen molar-refractivity contribution in [1.29, 1.82) is 0 Å². The number of carboxylic acids is 1. The number of hydrogen-bond acceptors (Lipinski definition) is 3. The predicted molar refractivity (Wildman–Crippen MR) is 73.6 cm³/mol. The number of likely N-dealkylation sites (tertiary alicyclic amines) is 1. The van der Waals surface area contributed by atoms with Gasteiger partial charge in [-0.05, 0) is 39.0 Å². The molecule has 6 nitrogen and oxygen atoms in total. The highest BCUT2D eigenvalue weighted by atomic mass is 16.5. The first-order valence-corrected chi connectivity index (χ1v) is 7.38. The Kier molecular flexibility index (Phi) is 4.86. The van der Waals surface area contributed by atoms with E-state index in [2.05, 4.69) is 5.32 Å². The molecule has 0 radical (unpaired) electrons. The topological polar surface area (TPSA) is 78.9 Å². The molecule has 0 aromatic carbocycles. The Morgan fingerprint density at radius 1 is 1.45 bits per heavy atom. The van der Waals surface area contributed by atoms with Gasteiger partial charge in [-0.3, -0.25) is 4.79 Å². The third kappa shape index (κ3) is 3.85. The number of nitrogens with one attached hydrogen (secondary N) is 1. The Morgan fingerprint density at radius 2 is 2.25 bits per heavy atom. The summed E-state index contributed by atoms with van der Waals surface area (Å²) in [5, 5.41) is 11.9. The van der Waals surface area contributed by atoms with E-state index in [1.54, 1.807) is 0 Å². The van der Waals surface area contributed by atoms with E-state index in [0.717, 1.165) is 25.7 Å². The maximum Gasteiger partial charge on any atom is 0.318 e. The minimum atomic E-state index is -0.799. The predicted octanol–water partition coefficient (Wildman–Crippen LogP) is 1.59. The molecule has 2 rings (SSSR count). The third-order valence-electron chi connectivity index (χ3n) is 4.21. The van der Waals surface area contributed by atoms with Crippen molar-refractivity contribution in [2.24, 2.45) is 0 Å². The molecule has 2 aliphatic rings. The summed E-state index contributed by atoms with van der Waals surface area (Å²) in [5.41, 5.74) is -0.286. The van der Waals surface area contributed by atoms with Crippen LogP contribution in [0.2, 0.25) is 0 Å². The Labute approximate surface area is 119 Å². The Hall–Kier alpha value is -1.30. The maximum absolute atomic E-state index is 12.4. The number of rotatable bonds is 4. The average molecular weight is 284 g/mol. The van der Waals surface area contributed by atoms with Crippen molar-refractivity contribution in [3.05, 3.63) is 0 Å². The quantitative estimate of drug-likeness (QED) is 0.821. The highest BCUT2D eigenvalue weighted by Crippen LogP contribution is 2.23. The van der Waals surface area contributed by atoms with Crippen molar-refractivity contribution in [2.75, 3.05) is 19.8 Å². The van der Waals surface area contributed by atoms with E-state index in [1.165, 1.54) is 0 Å². The number of hydrogen-bond donors (Lipinski definition) is 2. The number of aliphatic carboxylic acids is 1. The number of nitrogens with zero attached hydrogens (tertiary/aromatic N) is 1. The highest BCUT2D eigenvalue weighted by Gasteiger charge is 2.35. The van der Waals surface area contributed by atoms with Crippen LogP contribution in [-0.4, -0.2) is 53.3 Å². The lowest BCUT2D eigenvalue weighted by atomic mass is 9.97. The normalized spacial score (nSPS) is 30.2. The van der Waals surface area contributed by atoms with Gasteiger partial charge in [0.05, 0.1) is 12.1 Å². The van der Waals surface area contributed by atoms with Crippen LogP contribution in [0.4, 0.5) is 4.79 Å². The minimum absolute atomic E-state index is 0.0470. The van der Waals surface area contributed by atoms with Crippen LogP contribution in [-0.2, 0) is 9.53 Å². The van der Waals surface area contributed by atoms with Gasteiger partial charge in [0.25, 0.3) is 0 Å². The third-order valence-corrected chi connectivity index (χ3v) is 4.21. The standard InChI is InChI=1S/C14H24N2O4/c1-14(7-9-20-10-14)15-13(19)16-8-3-2-4-11(16)5-6-12(17)18/h11H,2-10H2,1H3,(H,15,19)(H,17,18). The van der Waals surface area contributed by atoms with Crippen molar-refractivity contribution in [1.82, 2.24) is 10.2 Å². The molecular weight excluding hydrogens is 260 g/mol. The van der Waals surface area contributed by atoms with Gasteiger partial charge in [-0.1, -0.05) is 0 Å². The number of carbonyl (C=O) groups is 2. The van der Waals surface area contributed by atoms with Gasteiger partial charge in [0.2, 0.25) is 0 Å². The summed E-state index contributed by atoms with van der Waals surface area (Å²) in [6, 6.07) is -0.0288. The zero-order valence-electron chi connectivity index (χ0n) is 12.1. The molecule has 114 valence electrons. The second-order valence-electron chi connectivity index (χ2n) is 6.07. The number of urea groups is 1. The molecule has 2 atom stereocenters. The van der Waals surface area contributed by atoms with Crippen LogP contribution in [0.25, 0.3) is 0 Å². The van der Waals surface area contributed by atoms with Crippen LogP contribution < -0.4 is 5.32 Å². The van der Waals surface area contributed by atoms with Gasteiger partial charge in [0.15, 0.2) is 0 Å². The lowest BCUT2D eigenvalue weighted by Crippen LogP contribution is -2.55. The Balaban J connectivity index is 1.92. The van der Waals surface area contributed by atoms with Gasteiger partial charge in [0, 0.05) is 25.6 Å². The fourth-order valence-electron chi connectivity index (χ4n) is 2.95. The van der Waals surface area contributed by atoms with E-state index in [9.17, 15) is 9.59 Å². The molecule has 2 aliphatic heterocycles. The highest BCUT2D eigenvalue weighted by molar-refractivity contribution is 5.75. The van der Waals surface area contributed by atoms with E-state index in [1.807, 2.05) is 11.8 Å². The summed E-state index contributed by atoms with van der Waals surface area (Å²) in [6.07, 6.45) is 4.43. The molecule has 2 unspecified atom stereocenters. The summed E-state index contributed by atoms with van der Waals surface area (Å²) >= 11 is 0. The molecule has 0 aliphatic carbocycles. The van der Waals surface area contributed by atoms with E-state index >= 15 is 0 Å². The summed E-state index contributed by atoms with van der Waals surface area (Å²) in [7, 11) is 0. The molecule has 0 aromatic heterocycles. The number of piperidine rings is 1. The number of carboxylic acid groups (broad SMARTS) is 1. The number of ether oxygens (including phenoxy) is 1. The van der Waals surface area contributed by atoms with E-state index in [4.69, 9.17) is 9.84 Å². The second-order valence-corrected chi connectivity index (χ2v) is 6.07. The molecule has 0 saturated carbocycles. The van der Waals surface area contributed by atoms with Crippen molar-refractivity contribution in [2.45, 2.75) is 57.0 Å². The van der Waals surface area contributed by atoms with E-state index in [-0.39, 0.29) is 24.0 Å². The molecule has 2 fully saturated rings. The minimum Gasteiger partial charge on any atom is -0.481 e. The number of carbonyl (C=O) groups excluding carboxylic acids is 1. The summed E-state index contributed by atoms with van der Waals surface area (Å²) in [6.45, 7) is 3.94. The second kappa shape index (κ2) is 6.43. The van der Waals surface area contributed by atoms with Crippen LogP contribution in [0, 0.1) is 0 Å². The average Bonchev–Trinajstić information content (AvgIpc) is 2.83. The lowest BCUT2D eigenvalue weighted by molar-refractivity contribution is -0.137. The molecule has 0 bridgehead atoms. The first kappa shape index (κ1) is 15.1. The first-order valence-electron chi connectivity index (χ1n) is 7.38. The number of amides is 2. The zero-order chi connectivity index (χ0) is 14.6. The van der Waals surface area contributed by atoms with Gasteiger partial charge >= 0.3 is 12.0 Å². The fraction of sp³-hybridized carbons (Fsp3) is 0.857. The summed E-state index contributed by atoms with van der Waals surface area (Å²) in [5.74, 6) is -0.799. The molecular formula is C14H24N2O4. The van der Waals surface area contributed by atoms with Crippen LogP contribution in [0.5, 0.6) is 0 Å². The van der Waals surface area contributed by atoms with Crippen molar-refractivity contribution < 1.29 is 19.4 Å². The van der Waals surface area contributed by atoms with Crippen molar-refractivity contribution >= 4 is 12.0 Å². The van der Waals surface area contributed by atoms with Gasteiger partial charge in [0.1, 0.15) is 0 Å². The van der Waals surface area contributed by atoms with Crippen LogP contribution >= 0.6 is 0 Å². The molecule has 0 aromatic rings. The van der Waals surface area contributed by atoms with Crippen LogP contribution in [0.3, 0.4) is 0 Å². The molecule has 2 N–H and O–H groups in total. The van der Waals surface area contributed by atoms with E-state index in [0.29, 0.717) is 26.2 Å². The van der Waals surface area contributed by atoms with Crippen LogP contribution in [0.1, 0.15) is 45.4 Å². The summed E-state index contributed by atoms with van der Waals surface area (Å²) < 4.78 is 5.34. The smallest absolute Gasteiger partial charge is 0.318 e. The van der Waals surface area contributed by atoms with Crippen molar-refractivity contribution in [3.63, 3.8) is 0 Å². The van der Waals surface area contributed by atoms with Crippen molar-refractivity contribution in [3.8, 4) is 0 Å². The largest absolute Gasteiger partial charge is 0.481 e. The maximum atomic E-state index is 12.4. The molecule has 0 spiro atoms. The molecule has 2 heterocycles. The molecule has 20 heavy (non-hydrogen) atoms. The lowest BCUT2D eigenvalue weighted by Gasteiger charge is -2.38. The molecule has 6 heteroatoms. The summed E-state index contributed by atoms with van der Waals surface area (Å²) in [4.78, 5) is 25.0. The monoisotopic (exact) mass is 284 g/mol. The SMILES string of the molecule is CC1(NC(=O)N2CCCCC2CCC(=O)O)CCOC1. The van der Waals surface area contributed by atoms with Gasteiger partial charge in [-0.2, -0.15) is 0 Å². The fourth-order valence-corrected chi connectivity index (χ4v) is 2.95. The Bertz CT molecular complexity index is 366. The Morgan fingerprint density at radius 3 is 2.90 bits per heavy atom. The van der Waals surface area contributed by atoms with Gasteiger partial charge < -0.3 is 20.1 Å². The van der Waals surface area contributed by atoms with Crippen LogP contribution in [0.15, 0.2) is 0 Å².